The molecule has 0 bridgehead atoms. The van der Waals surface area contributed by atoms with Gasteiger partial charge in [0.1, 0.15) is 0 Å². The van der Waals surface area contributed by atoms with Crippen LogP contribution in [-0.4, -0.2) is 80.6 Å². The molecule has 126 valence electrons. The Hall–Kier alpha value is -1.18. The van der Waals surface area contributed by atoms with Gasteiger partial charge in [-0.2, -0.15) is 0 Å². The maximum absolute atomic E-state index is 12.1. The Kier molecular flexibility index (Phi) is 6.60. The van der Waals surface area contributed by atoms with Crippen LogP contribution in [0.2, 0.25) is 0 Å². The molecule has 0 aromatic heterocycles. The Morgan fingerprint density at radius 3 is 2.50 bits per heavy atom. The monoisotopic (exact) mass is 312 g/mol. The number of piperazine rings is 1. The van der Waals surface area contributed by atoms with E-state index < -0.39 is 6.04 Å². The second kappa shape index (κ2) is 8.45. The van der Waals surface area contributed by atoms with Crippen molar-refractivity contribution in [3.63, 3.8) is 0 Å². The van der Waals surface area contributed by atoms with Crippen LogP contribution in [0.5, 0.6) is 0 Å². The van der Waals surface area contributed by atoms with E-state index in [1.54, 1.807) is 0 Å². The summed E-state index contributed by atoms with van der Waals surface area (Å²) in [6.45, 7) is 5.07. The zero-order valence-corrected chi connectivity index (χ0v) is 13.4. The fourth-order valence-corrected chi connectivity index (χ4v) is 2.91. The first kappa shape index (κ1) is 17.2. The Labute approximate surface area is 132 Å². The first-order valence-electron chi connectivity index (χ1n) is 8.15. The molecule has 3 N–H and O–H groups in total. The fourth-order valence-electron chi connectivity index (χ4n) is 2.91. The van der Waals surface area contributed by atoms with Crippen molar-refractivity contribution in [2.24, 2.45) is 11.7 Å². The predicted octanol–water partition coefficient (Wildman–Crippen LogP) is -0.979. The van der Waals surface area contributed by atoms with Gasteiger partial charge in [0.2, 0.25) is 11.8 Å². The normalized spacial score (nSPS) is 22.4. The number of hydrogen-bond acceptors (Lipinski definition) is 5. The number of carbonyl (C=O) groups excluding carboxylic acids is 2. The lowest BCUT2D eigenvalue weighted by molar-refractivity contribution is -0.132. The number of rotatable bonds is 5. The van der Waals surface area contributed by atoms with E-state index in [0.29, 0.717) is 26.2 Å². The standard InChI is InChI=1S/C15H28N4O3/c1-18-6-8-19(9-7-18)13(20)2-5-17-15(21)14(16)12-3-10-22-11-4-12/h12,14H,2-11,16H2,1H3,(H,17,21). The number of hydrogen-bond donors (Lipinski definition) is 2. The summed E-state index contributed by atoms with van der Waals surface area (Å²) in [5, 5.41) is 2.80. The van der Waals surface area contributed by atoms with Gasteiger partial charge in [-0.15, -0.1) is 0 Å². The molecule has 2 rings (SSSR count). The molecule has 0 saturated carbocycles. The second-order valence-corrected chi connectivity index (χ2v) is 6.20. The first-order valence-corrected chi connectivity index (χ1v) is 8.15. The number of ether oxygens (including phenoxy) is 1. The minimum absolute atomic E-state index is 0.105. The maximum Gasteiger partial charge on any atom is 0.237 e. The van der Waals surface area contributed by atoms with Gasteiger partial charge in [-0.1, -0.05) is 0 Å². The molecule has 1 atom stereocenters. The largest absolute Gasteiger partial charge is 0.381 e. The lowest BCUT2D eigenvalue weighted by atomic mass is 9.92. The Morgan fingerprint density at radius 1 is 1.23 bits per heavy atom. The van der Waals surface area contributed by atoms with Crippen molar-refractivity contribution >= 4 is 11.8 Å². The van der Waals surface area contributed by atoms with E-state index in [1.807, 2.05) is 4.90 Å². The molecule has 7 heteroatoms. The van der Waals surface area contributed by atoms with E-state index >= 15 is 0 Å². The smallest absolute Gasteiger partial charge is 0.237 e. The molecule has 2 saturated heterocycles. The van der Waals surface area contributed by atoms with Crippen molar-refractivity contribution < 1.29 is 14.3 Å². The zero-order chi connectivity index (χ0) is 15.9. The third-order valence-corrected chi connectivity index (χ3v) is 4.57. The minimum atomic E-state index is -0.498. The summed E-state index contributed by atoms with van der Waals surface area (Å²) in [5.41, 5.74) is 6.00. The van der Waals surface area contributed by atoms with Gasteiger partial charge in [0.25, 0.3) is 0 Å². The molecule has 2 aliphatic heterocycles. The molecule has 2 fully saturated rings. The van der Waals surface area contributed by atoms with Crippen LogP contribution in [0.1, 0.15) is 19.3 Å². The SMILES string of the molecule is CN1CCN(C(=O)CCNC(=O)C(N)C2CCOCC2)CC1. The summed E-state index contributed by atoms with van der Waals surface area (Å²) in [6, 6.07) is -0.498. The molecule has 22 heavy (non-hydrogen) atoms. The lowest BCUT2D eigenvalue weighted by Crippen LogP contribution is -2.49. The summed E-state index contributed by atoms with van der Waals surface area (Å²) in [4.78, 5) is 28.2. The average Bonchev–Trinajstić information content (AvgIpc) is 2.55. The molecule has 0 radical (unpaired) electrons. The molecular formula is C15H28N4O3. The molecule has 0 aromatic carbocycles. The molecule has 0 spiro atoms. The summed E-state index contributed by atoms with van der Waals surface area (Å²) < 4.78 is 5.28. The predicted molar refractivity (Wildman–Crippen MR) is 83.2 cm³/mol. The van der Waals surface area contributed by atoms with Crippen molar-refractivity contribution in [2.75, 3.05) is 53.0 Å². The highest BCUT2D eigenvalue weighted by Crippen LogP contribution is 2.17. The molecule has 2 aliphatic rings. The highest BCUT2D eigenvalue weighted by Gasteiger charge is 2.26. The number of nitrogens with two attached hydrogens (primary N) is 1. The molecule has 2 heterocycles. The summed E-state index contributed by atoms with van der Waals surface area (Å²) in [5.74, 6) is 0.133. The number of likely N-dealkylation sites (N-methyl/N-ethyl adjacent to an activating group) is 1. The van der Waals surface area contributed by atoms with Crippen LogP contribution in [0.15, 0.2) is 0 Å². The number of carbonyl (C=O) groups is 2. The quantitative estimate of drug-likeness (QED) is 0.681. The van der Waals surface area contributed by atoms with Gasteiger partial charge >= 0.3 is 0 Å². The molecule has 7 nitrogen and oxygen atoms in total. The number of nitrogens with one attached hydrogen (secondary N) is 1. The summed E-state index contributed by atoms with van der Waals surface area (Å²) in [7, 11) is 2.06. The van der Waals surface area contributed by atoms with Crippen molar-refractivity contribution in [3.05, 3.63) is 0 Å². The third kappa shape index (κ3) is 4.93. The third-order valence-electron chi connectivity index (χ3n) is 4.57. The number of amides is 2. The zero-order valence-electron chi connectivity index (χ0n) is 13.4. The summed E-state index contributed by atoms with van der Waals surface area (Å²) >= 11 is 0. The number of nitrogens with zero attached hydrogens (tertiary/aromatic N) is 2. The van der Waals surface area contributed by atoms with Gasteiger partial charge < -0.3 is 25.6 Å². The van der Waals surface area contributed by atoms with E-state index in [0.717, 1.165) is 39.0 Å². The van der Waals surface area contributed by atoms with Gasteiger partial charge in [0.15, 0.2) is 0 Å². The van der Waals surface area contributed by atoms with Crippen LogP contribution < -0.4 is 11.1 Å². The summed E-state index contributed by atoms with van der Waals surface area (Å²) in [6.07, 6.45) is 2.00. The molecular weight excluding hydrogens is 284 g/mol. The maximum atomic E-state index is 12.1. The van der Waals surface area contributed by atoms with Gasteiger partial charge in [-0.25, -0.2) is 0 Å². The lowest BCUT2D eigenvalue weighted by Gasteiger charge is -2.32. The average molecular weight is 312 g/mol. The van der Waals surface area contributed by atoms with E-state index in [1.165, 1.54) is 0 Å². The molecule has 0 aromatic rings. The van der Waals surface area contributed by atoms with E-state index in [2.05, 4.69) is 17.3 Å². The van der Waals surface area contributed by atoms with Crippen molar-refractivity contribution in [3.8, 4) is 0 Å². The van der Waals surface area contributed by atoms with Crippen LogP contribution in [0.3, 0.4) is 0 Å². The van der Waals surface area contributed by atoms with Crippen LogP contribution in [-0.2, 0) is 14.3 Å². The Bertz CT molecular complexity index is 377. The molecule has 0 aliphatic carbocycles. The van der Waals surface area contributed by atoms with Crippen molar-refractivity contribution in [1.82, 2.24) is 15.1 Å². The van der Waals surface area contributed by atoms with Gasteiger partial charge in [-0.3, -0.25) is 9.59 Å². The Morgan fingerprint density at radius 2 is 1.86 bits per heavy atom. The molecule has 1 unspecified atom stereocenters. The highest BCUT2D eigenvalue weighted by molar-refractivity contribution is 5.83. The van der Waals surface area contributed by atoms with E-state index in [-0.39, 0.29) is 17.7 Å². The van der Waals surface area contributed by atoms with Gasteiger partial charge in [-0.05, 0) is 25.8 Å². The highest BCUT2D eigenvalue weighted by atomic mass is 16.5. The van der Waals surface area contributed by atoms with Crippen LogP contribution in [0, 0.1) is 5.92 Å². The van der Waals surface area contributed by atoms with E-state index in [9.17, 15) is 9.59 Å². The van der Waals surface area contributed by atoms with Crippen LogP contribution >= 0.6 is 0 Å². The van der Waals surface area contributed by atoms with Gasteiger partial charge in [0.05, 0.1) is 6.04 Å². The second-order valence-electron chi connectivity index (χ2n) is 6.20. The van der Waals surface area contributed by atoms with Crippen LogP contribution in [0.25, 0.3) is 0 Å². The minimum Gasteiger partial charge on any atom is -0.381 e. The van der Waals surface area contributed by atoms with Crippen molar-refractivity contribution in [2.45, 2.75) is 25.3 Å². The Balaban J connectivity index is 1.64. The van der Waals surface area contributed by atoms with E-state index in [4.69, 9.17) is 10.5 Å². The molecule has 2 amide bonds. The van der Waals surface area contributed by atoms with Crippen LogP contribution in [0.4, 0.5) is 0 Å². The fraction of sp³-hybridized carbons (Fsp3) is 0.867. The topological polar surface area (TPSA) is 87.9 Å². The van der Waals surface area contributed by atoms with Gasteiger partial charge in [0, 0.05) is 52.4 Å². The first-order chi connectivity index (χ1) is 10.6. The van der Waals surface area contributed by atoms with Crippen molar-refractivity contribution in [1.29, 1.82) is 0 Å².